The molecular formula is C21H28N2O. The standard InChI is InChI=1S/C21H28N2O/c1-17(15-22)24-21-9-7-18(8-10-21)16-23-13-11-20(12-14-23)19-5-3-2-4-6-19/h2-10,17,20H,11-16,22H2,1H3/t17-/m0/s1. The number of nitrogens with two attached hydrogens (primary N) is 1. The van der Waals surface area contributed by atoms with E-state index < -0.39 is 0 Å². The Morgan fingerprint density at radius 1 is 1.04 bits per heavy atom. The minimum Gasteiger partial charge on any atom is -0.489 e. The average Bonchev–Trinajstić information content (AvgIpc) is 2.64. The van der Waals surface area contributed by atoms with Gasteiger partial charge in [0.25, 0.3) is 0 Å². The molecule has 2 aromatic carbocycles. The highest BCUT2D eigenvalue weighted by molar-refractivity contribution is 5.27. The maximum Gasteiger partial charge on any atom is 0.119 e. The van der Waals surface area contributed by atoms with Crippen LogP contribution < -0.4 is 10.5 Å². The van der Waals surface area contributed by atoms with Crippen LogP contribution in [0.5, 0.6) is 5.75 Å². The molecule has 2 aromatic rings. The zero-order valence-corrected chi connectivity index (χ0v) is 14.5. The molecule has 0 spiro atoms. The highest BCUT2D eigenvalue weighted by Crippen LogP contribution is 2.28. The Bertz CT molecular complexity index is 603. The SMILES string of the molecule is C[C@@H](CN)Oc1ccc(CN2CCC(c3ccccc3)CC2)cc1. The van der Waals surface area contributed by atoms with Gasteiger partial charge in [0.2, 0.25) is 0 Å². The van der Waals surface area contributed by atoms with Crippen LogP contribution in [0.25, 0.3) is 0 Å². The first kappa shape index (κ1) is 17.0. The number of piperidine rings is 1. The van der Waals surface area contributed by atoms with Gasteiger partial charge < -0.3 is 10.5 Å². The lowest BCUT2D eigenvalue weighted by Crippen LogP contribution is -2.32. The molecule has 0 radical (unpaired) electrons. The van der Waals surface area contributed by atoms with E-state index in [0.29, 0.717) is 6.54 Å². The number of likely N-dealkylation sites (tertiary alicyclic amines) is 1. The van der Waals surface area contributed by atoms with Crippen molar-refractivity contribution in [2.75, 3.05) is 19.6 Å². The minimum atomic E-state index is 0.0628. The molecule has 0 unspecified atom stereocenters. The summed E-state index contributed by atoms with van der Waals surface area (Å²) >= 11 is 0. The van der Waals surface area contributed by atoms with Crippen LogP contribution in [0.1, 0.15) is 36.8 Å². The molecule has 128 valence electrons. The first-order valence-corrected chi connectivity index (χ1v) is 8.97. The zero-order valence-electron chi connectivity index (χ0n) is 14.5. The fourth-order valence-corrected chi connectivity index (χ4v) is 3.36. The van der Waals surface area contributed by atoms with Crippen LogP contribution in [0, 0.1) is 0 Å². The number of ether oxygens (including phenoxy) is 1. The Labute approximate surface area is 145 Å². The monoisotopic (exact) mass is 324 g/mol. The van der Waals surface area contributed by atoms with Crippen LogP contribution in [-0.2, 0) is 6.54 Å². The van der Waals surface area contributed by atoms with E-state index in [-0.39, 0.29) is 6.10 Å². The predicted molar refractivity (Wildman–Crippen MR) is 99.3 cm³/mol. The molecule has 0 amide bonds. The molecule has 3 heteroatoms. The van der Waals surface area contributed by atoms with Gasteiger partial charge in [-0.25, -0.2) is 0 Å². The Hall–Kier alpha value is -1.84. The molecule has 3 rings (SSSR count). The summed E-state index contributed by atoms with van der Waals surface area (Å²) in [6.07, 6.45) is 2.56. The van der Waals surface area contributed by atoms with E-state index in [1.165, 1.54) is 37.1 Å². The van der Waals surface area contributed by atoms with E-state index in [1.807, 2.05) is 6.92 Å². The van der Waals surface area contributed by atoms with Crippen LogP contribution in [-0.4, -0.2) is 30.6 Å². The van der Waals surface area contributed by atoms with Gasteiger partial charge in [0, 0.05) is 13.1 Å². The molecule has 1 aliphatic heterocycles. The second-order valence-electron chi connectivity index (χ2n) is 6.77. The van der Waals surface area contributed by atoms with Crippen LogP contribution in [0.2, 0.25) is 0 Å². The summed E-state index contributed by atoms with van der Waals surface area (Å²) in [5.41, 5.74) is 8.44. The van der Waals surface area contributed by atoms with Crippen molar-refractivity contribution in [1.29, 1.82) is 0 Å². The Morgan fingerprint density at radius 3 is 2.33 bits per heavy atom. The largest absolute Gasteiger partial charge is 0.489 e. The maximum absolute atomic E-state index is 5.73. The van der Waals surface area contributed by atoms with Gasteiger partial charge in [-0.2, -0.15) is 0 Å². The summed E-state index contributed by atoms with van der Waals surface area (Å²) in [4.78, 5) is 2.55. The lowest BCUT2D eigenvalue weighted by atomic mass is 9.89. The second kappa shape index (κ2) is 8.32. The molecule has 1 fully saturated rings. The first-order chi connectivity index (χ1) is 11.7. The average molecular weight is 324 g/mol. The van der Waals surface area contributed by atoms with Gasteiger partial charge in [-0.05, 0) is 62.0 Å². The van der Waals surface area contributed by atoms with Crippen LogP contribution in [0.15, 0.2) is 54.6 Å². The fourth-order valence-electron chi connectivity index (χ4n) is 3.36. The molecule has 3 nitrogen and oxygen atoms in total. The Kier molecular flexibility index (Phi) is 5.89. The first-order valence-electron chi connectivity index (χ1n) is 8.97. The van der Waals surface area contributed by atoms with Crippen molar-refractivity contribution >= 4 is 0 Å². The van der Waals surface area contributed by atoms with Gasteiger partial charge in [-0.3, -0.25) is 4.90 Å². The number of benzene rings is 2. The van der Waals surface area contributed by atoms with Gasteiger partial charge in [-0.15, -0.1) is 0 Å². The van der Waals surface area contributed by atoms with Crippen molar-refractivity contribution in [3.05, 3.63) is 65.7 Å². The highest BCUT2D eigenvalue weighted by atomic mass is 16.5. The van der Waals surface area contributed by atoms with Crippen molar-refractivity contribution in [3.63, 3.8) is 0 Å². The van der Waals surface area contributed by atoms with E-state index >= 15 is 0 Å². The van der Waals surface area contributed by atoms with Gasteiger partial charge in [0.1, 0.15) is 11.9 Å². The van der Waals surface area contributed by atoms with E-state index in [1.54, 1.807) is 0 Å². The van der Waals surface area contributed by atoms with Gasteiger partial charge >= 0.3 is 0 Å². The number of nitrogens with zero attached hydrogens (tertiary/aromatic N) is 1. The van der Waals surface area contributed by atoms with Crippen LogP contribution >= 0.6 is 0 Å². The third kappa shape index (κ3) is 4.59. The summed E-state index contributed by atoms with van der Waals surface area (Å²) in [5.74, 6) is 1.62. The normalized spacial score (nSPS) is 17.6. The summed E-state index contributed by atoms with van der Waals surface area (Å²) < 4.78 is 5.73. The third-order valence-corrected chi connectivity index (χ3v) is 4.86. The molecule has 1 atom stereocenters. The van der Waals surface area contributed by atoms with E-state index in [0.717, 1.165) is 18.2 Å². The summed E-state index contributed by atoms with van der Waals surface area (Å²) in [5, 5.41) is 0. The fraction of sp³-hybridized carbons (Fsp3) is 0.429. The Balaban J connectivity index is 1.49. The van der Waals surface area contributed by atoms with Gasteiger partial charge in [0.05, 0.1) is 0 Å². The van der Waals surface area contributed by atoms with E-state index in [4.69, 9.17) is 10.5 Å². The van der Waals surface area contributed by atoms with Crippen molar-refractivity contribution in [1.82, 2.24) is 4.90 Å². The lowest BCUT2D eigenvalue weighted by Gasteiger charge is -2.32. The van der Waals surface area contributed by atoms with Crippen molar-refractivity contribution in [3.8, 4) is 5.75 Å². The predicted octanol–water partition coefficient (Wildman–Crippen LogP) is 3.79. The smallest absolute Gasteiger partial charge is 0.119 e. The minimum absolute atomic E-state index is 0.0628. The van der Waals surface area contributed by atoms with Crippen LogP contribution in [0.4, 0.5) is 0 Å². The number of rotatable bonds is 6. The number of hydrogen-bond donors (Lipinski definition) is 1. The maximum atomic E-state index is 5.73. The molecule has 0 saturated carbocycles. The topological polar surface area (TPSA) is 38.5 Å². The van der Waals surface area contributed by atoms with Crippen molar-refractivity contribution < 1.29 is 4.74 Å². The molecule has 0 aliphatic carbocycles. The van der Waals surface area contributed by atoms with Crippen LogP contribution in [0.3, 0.4) is 0 Å². The molecule has 0 bridgehead atoms. The van der Waals surface area contributed by atoms with E-state index in [9.17, 15) is 0 Å². The molecule has 1 heterocycles. The summed E-state index contributed by atoms with van der Waals surface area (Å²) in [6.45, 7) is 5.89. The summed E-state index contributed by atoms with van der Waals surface area (Å²) in [6, 6.07) is 19.4. The van der Waals surface area contributed by atoms with Crippen molar-refractivity contribution in [2.24, 2.45) is 5.73 Å². The summed E-state index contributed by atoms with van der Waals surface area (Å²) in [7, 11) is 0. The van der Waals surface area contributed by atoms with Gasteiger partial charge in [-0.1, -0.05) is 42.5 Å². The van der Waals surface area contributed by atoms with Crippen molar-refractivity contribution in [2.45, 2.75) is 38.3 Å². The lowest BCUT2D eigenvalue weighted by molar-refractivity contribution is 0.204. The van der Waals surface area contributed by atoms with Gasteiger partial charge in [0.15, 0.2) is 0 Å². The van der Waals surface area contributed by atoms with E-state index in [2.05, 4.69) is 59.5 Å². The highest BCUT2D eigenvalue weighted by Gasteiger charge is 2.20. The molecular weight excluding hydrogens is 296 g/mol. The molecule has 1 aliphatic rings. The second-order valence-corrected chi connectivity index (χ2v) is 6.77. The molecule has 0 aromatic heterocycles. The quantitative estimate of drug-likeness (QED) is 0.878. The Morgan fingerprint density at radius 2 is 1.71 bits per heavy atom. The molecule has 2 N–H and O–H groups in total. The third-order valence-electron chi connectivity index (χ3n) is 4.86. The zero-order chi connectivity index (χ0) is 16.8. The number of hydrogen-bond acceptors (Lipinski definition) is 3. The molecule has 1 saturated heterocycles. The molecule has 24 heavy (non-hydrogen) atoms.